The van der Waals surface area contributed by atoms with Gasteiger partial charge in [-0.25, -0.2) is 0 Å². The second-order valence-electron chi connectivity index (χ2n) is 6.49. The summed E-state index contributed by atoms with van der Waals surface area (Å²) < 4.78 is 5.55. The largest absolute Gasteiger partial charge is 0.481 e. The molecule has 0 aliphatic heterocycles. The topological polar surface area (TPSA) is 67.4 Å². The van der Waals surface area contributed by atoms with Crippen LogP contribution in [0.1, 0.15) is 52.7 Å². The molecule has 26 heavy (non-hydrogen) atoms. The van der Waals surface area contributed by atoms with Crippen molar-refractivity contribution in [3.05, 3.63) is 51.7 Å². The van der Waals surface area contributed by atoms with Gasteiger partial charge in [0.1, 0.15) is 5.75 Å². The number of hydrogen-bond acceptors (Lipinski definition) is 4. The number of fused-ring (bicyclic) bond motifs is 1. The maximum absolute atomic E-state index is 12.4. The summed E-state index contributed by atoms with van der Waals surface area (Å²) >= 11 is 1.53. The Balaban J connectivity index is 1.53. The minimum absolute atomic E-state index is 0.276. The van der Waals surface area contributed by atoms with Gasteiger partial charge in [-0.1, -0.05) is 31.0 Å². The van der Waals surface area contributed by atoms with Crippen LogP contribution in [-0.4, -0.2) is 17.9 Å². The Labute approximate surface area is 157 Å². The van der Waals surface area contributed by atoms with Crippen molar-refractivity contribution >= 4 is 23.2 Å². The Bertz CT molecular complexity index is 732. The highest BCUT2D eigenvalue weighted by atomic mass is 32.1. The van der Waals surface area contributed by atoms with Crippen LogP contribution in [0.5, 0.6) is 5.75 Å². The number of thiophene rings is 1. The monoisotopic (exact) mass is 372 g/mol. The van der Waals surface area contributed by atoms with Gasteiger partial charge >= 0.3 is 0 Å². The lowest BCUT2D eigenvalue weighted by molar-refractivity contribution is -0.128. The Kier molecular flexibility index (Phi) is 6.28. The molecule has 0 saturated heterocycles. The molecule has 138 valence electrons. The molecular weight excluding hydrogens is 348 g/mol. The predicted octanol–water partition coefficient (Wildman–Crippen LogP) is 3.64. The van der Waals surface area contributed by atoms with Crippen molar-refractivity contribution in [2.75, 3.05) is 0 Å². The molecule has 0 saturated carbocycles. The minimum atomic E-state index is -0.707. The number of benzene rings is 1. The molecule has 2 amide bonds. The van der Waals surface area contributed by atoms with E-state index >= 15 is 0 Å². The van der Waals surface area contributed by atoms with E-state index in [2.05, 4.69) is 10.9 Å². The lowest BCUT2D eigenvalue weighted by Gasteiger charge is -2.14. The first-order valence-electron chi connectivity index (χ1n) is 9.07. The van der Waals surface area contributed by atoms with E-state index in [-0.39, 0.29) is 5.91 Å². The molecule has 5 nitrogen and oxygen atoms in total. The van der Waals surface area contributed by atoms with Crippen LogP contribution in [0.2, 0.25) is 0 Å². The zero-order valence-electron chi connectivity index (χ0n) is 14.9. The summed E-state index contributed by atoms with van der Waals surface area (Å²) in [5, 5.41) is 0. The van der Waals surface area contributed by atoms with Crippen LogP contribution in [0.3, 0.4) is 0 Å². The van der Waals surface area contributed by atoms with Gasteiger partial charge in [-0.2, -0.15) is 0 Å². The van der Waals surface area contributed by atoms with Crippen LogP contribution in [0, 0.1) is 0 Å². The van der Waals surface area contributed by atoms with Gasteiger partial charge < -0.3 is 4.74 Å². The summed E-state index contributed by atoms with van der Waals surface area (Å²) in [7, 11) is 0. The van der Waals surface area contributed by atoms with Crippen LogP contribution < -0.4 is 15.6 Å². The van der Waals surface area contributed by atoms with E-state index < -0.39 is 12.0 Å². The summed E-state index contributed by atoms with van der Waals surface area (Å²) in [6, 6.07) is 11.1. The SMILES string of the molecule is C[C@H](Oc1ccccc1)C(=O)NNC(=O)c1cc2c(s1)CCCCCC2. The zero-order valence-corrected chi connectivity index (χ0v) is 15.7. The van der Waals surface area contributed by atoms with Crippen molar-refractivity contribution in [2.45, 2.75) is 51.6 Å². The number of aryl methyl sites for hydroxylation is 2. The Hall–Kier alpha value is -2.34. The molecule has 0 radical (unpaired) electrons. The highest BCUT2D eigenvalue weighted by Crippen LogP contribution is 2.28. The highest BCUT2D eigenvalue weighted by molar-refractivity contribution is 7.14. The van der Waals surface area contributed by atoms with E-state index in [9.17, 15) is 9.59 Å². The molecule has 1 atom stereocenters. The van der Waals surface area contributed by atoms with Crippen LogP contribution in [0.25, 0.3) is 0 Å². The Morgan fingerprint density at radius 1 is 1.04 bits per heavy atom. The lowest BCUT2D eigenvalue weighted by Crippen LogP contribution is -2.47. The van der Waals surface area contributed by atoms with Gasteiger partial charge in [0.15, 0.2) is 6.10 Å². The van der Waals surface area contributed by atoms with Crippen molar-refractivity contribution in [1.29, 1.82) is 0 Å². The number of hydrazine groups is 1. The molecule has 1 aromatic carbocycles. The fourth-order valence-corrected chi connectivity index (χ4v) is 4.14. The van der Waals surface area contributed by atoms with Crippen molar-refractivity contribution in [2.24, 2.45) is 0 Å². The molecule has 1 aromatic heterocycles. The normalized spacial score (nSPS) is 15.1. The molecule has 3 rings (SSSR count). The molecular formula is C20H24N2O3S. The average molecular weight is 372 g/mol. The van der Waals surface area contributed by atoms with Crippen LogP contribution in [0.15, 0.2) is 36.4 Å². The summed E-state index contributed by atoms with van der Waals surface area (Å²) in [5.74, 6) is -0.0568. The highest BCUT2D eigenvalue weighted by Gasteiger charge is 2.18. The number of ether oxygens (including phenoxy) is 1. The average Bonchev–Trinajstić information content (AvgIpc) is 3.02. The molecule has 2 aromatic rings. The minimum Gasteiger partial charge on any atom is -0.481 e. The third-order valence-corrected chi connectivity index (χ3v) is 5.68. The van der Waals surface area contributed by atoms with Crippen molar-refractivity contribution < 1.29 is 14.3 Å². The second-order valence-corrected chi connectivity index (χ2v) is 7.63. The molecule has 2 N–H and O–H groups in total. The van der Waals surface area contributed by atoms with Gasteiger partial charge in [-0.05, 0) is 56.4 Å². The fraction of sp³-hybridized carbons (Fsp3) is 0.400. The summed E-state index contributed by atoms with van der Waals surface area (Å²) in [4.78, 5) is 26.4. The number of hydrogen-bond donors (Lipinski definition) is 2. The van der Waals surface area contributed by atoms with E-state index in [1.807, 2.05) is 24.3 Å². The van der Waals surface area contributed by atoms with Gasteiger partial charge in [-0.3, -0.25) is 20.4 Å². The molecule has 0 fully saturated rings. The number of carbonyl (C=O) groups is 2. The van der Waals surface area contributed by atoms with E-state index in [1.54, 1.807) is 19.1 Å². The molecule has 1 heterocycles. The molecule has 1 aliphatic rings. The second kappa shape index (κ2) is 8.85. The van der Waals surface area contributed by atoms with Gasteiger partial charge in [0, 0.05) is 4.88 Å². The Morgan fingerprint density at radius 3 is 2.54 bits per heavy atom. The van der Waals surface area contributed by atoms with Crippen molar-refractivity contribution in [1.82, 2.24) is 10.9 Å². The number of rotatable bonds is 4. The van der Waals surface area contributed by atoms with Gasteiger partial charge in [-0.15, -0.1) is 11.3 Å². The first kappa shape index (κ1) is 18.5. The van der Waals surface area contributed by atoms with E-state index in [0.717, 1.165) is 12.8 Å². The van der Waals surface area contributed by atoms with Crippen LogP contribution >= 0.6 is 11.3 Å². The zero-order chi connectivity index (χ0) is 18.4. The van der Waals surface area contributed by atoms with E-state index in [1.165, 1.54) is 47.5 Å². The first-order valence-corrected chi connectivity index (χ1v) is 9.88. The Morgan fingerprint density at radius 2 is 1.77 bits per heavy atom. The van der Waals surface area contributed by atoms with Gasteiger partial charge in [0.05, 0.1) is 4.88 Å². The lowest BCUT2D eigenvalue weighted by atomic mass is 10.00. The molecule has 0 bridgehead atoms. The maximum atomic E-state index is 12.4. The number of para-hydroxylation sites is 1. The summed E-state index contributed by atoms with van der Waals surface area (Å²) in [6.45, 7) is 1.64. The first-order chi connectivity index (χ1) is 12.6. The molecule has 0 unspecified atom stereocenters. The molecule has 1 aliphatic carbocycles. The third-order valence-electron chi connectivity index (χ3n) is 4.44. The van der Waals surface area contributed by atoms with E-state index in [4.69, 9.17) is 4.74 Å². The van der Waals surface area contributed by atoms with Crippen LogP contribution in [0.4, 0.5) is 0 Å². The van der Waals surface area contributed by atoms with Gasteiger partial charge in [0.25, 0.3) is 11.8 Å². The summed E-state index contributed by atoms with van der Waals surface area (Å²) in [6.07, 6.45) is 6.24. The standard InChI is InChI=1S/C20H24N2O3S/c1-14(25-16-10-6-4-7-11-16)19(23)21-22-20(24)18-13-15-9-5-2-3-8-12-17(15)26-18/h4,6-7,10-11,13-14H,2-3,5,8-9,12H2,1H3,(H,21,23)(H,22,24)/t14-/m0/s1. The quantitative estimate of drug-likeness (QED) is 0.805. The molecule has 0 spiro atoms. The third kappa shape index (κ3) is 4.85. The number of amides is 2. The maximum Gasteiger partial charge on any atom is 0.279 e. The molecule has 6 heteroatoms. The van der Waals surface area contributed by atoms with Crippen molar-refractivity contribution in [3.63, 3.8) is 0 Å². The smallest absolute Gasteiger partial charge is 0.279 e. The van der Waals surface area contributed by atoms with Crippen LogP contribution in [-0.2, 0) is 17.6 Å². The predicted molar refractivity (Wildman–Crippen MR) is 102 cm³/mol. The number of carbonyl (C=O) groups excluding carboxylic acids is 2. The van der Waals surface area contributed by atoms with E-state index in [0.29, 0.717) is 10.6 Å². The summed E-state index contributed by atoms with van der Waals surface area (Å²) in [5.41, 5.74) is 6.23. The van der Waals surface area contributed by atoms with Gasteiger partial charge in [0.2, 0.25) is 0 Å². The fourth-order valence-electron chi connectivity index (χ4n) is 2.99. The van der Waals surface area contributed by atoms with Crippen molar-refractivity contribution in [3.8, 4) is 5.75 Å². The number of nitrogens with one attached hydrogen (secondary N) is 2.